The van der Waals surface area contributed by atoms with Crippen LogP contribution in [0, 0.1) is 0 Å². The van der Waals surface area contributed by atoms with E-state index in [2.05, 4.69) is 5.43 Å². The summed E-state index contributed by atoms with van der Waals surface area (Å²) in [6.07, 6.45) is -1.51. The van der Waals surface area contributed by atoms with Gasteiger partial charge in [-0.05, 0) is 55.7 Å². The van der Waals surface area contributed by atoms with Crippen LogP contribution in [-0.2, 0) is 9.84 Å². The number of thioether (sulfide) groups is 1. The third-order valence-electron chi connectivity index (χ3n) is 5.15. The number of likely N-dealkylation sites (N-methyl/N-ethyl adjacent to an activating group) is 1. The maximum Gasteiger partial charge on any atom is 0.409 e. The Morgan fingerprint density at radius 3 is 2.06 bits per heavy atom. The van der Waals surface area contributed by atoms with E-state index in [1.165, 1.54) is 28.9 Å². The largest absolute Gasteiger partial charge is 0.409 e. The highest BCUT2D eigenvalue weighted by molar-refractivity contribution is 7.98. The van der Waals surface area contributed by atoms with Gasteiger partial charge in [-0.15, -0.1) is 11.8 Å². The third kappa shape index (κ3) is 5.48. The van der Waals surface area contributed by atoms with Crippen LogP contribution in [0.15, 0.2) is 58.3 Å². The first-order valence-corrected chi connectivity index (χ1v) is 13.0. The summed E-state index contributed by atoms with van der Waals surface area (Å²) in [4.78, 5) is 2.96. The zero-order chi connectivity index (χ0) is 23.7. The minimum atomic E-state index is -4.52. The lowest BCUT2D eigenvalue weighted by molar-refractivity contribution is -0.147. The van der Waals surface area contributed by atoms with E-state index < -0.39 is 22.1 Å². The highest BCUT2D eigenvalue weighted by atomic mass is 32.2. The van der Waals surface area contributed by atoms with Crippen LogP contribution in [0.25, 0.3) is 11.3 Å². The fourth-order valence-electron chi connectivity index (χ4n) is 3.53. The van der Waals surface area contributed by atoms with Crippen molar-refractivity contribution in [1.29, 1.82) is 0 Å². The first-order valence-electron chi connectivity index (χ1n) is 9.86. The maximum atomic E-state index is 14.1. The Kier molecular flexibility index (Phi) is 7.28. The minimum Gasteiger partial charge on any atom is -0.308 e. The highest BCUT2D eigenvalue weighted by Crippen LogP contribution is 2.42. The molecule has 0 spiro atoms. The molecule has 1 N–H and O–H groups in total. The summed E-state index contributed by atoms with van der Waals surface area (Å²) in [7, 11) is 0.282. The number of benzene rings is 2. The summed E-state index contributed by atoms with van der Waals surface area (Å²) in [6.45, 7) is 0.844. The molecule has 2 aromatic rings. The van der Waals surface area contributed by atoms with Crippen LogP contribution in [0.5, 0.6) is 0 Å². The molecule has 10 heteroatoms. The molecule has 1 aliphatic rings. The summed E-state index contributed by atoms with van der Waals surface area (Å²) in [5, 5.41) is 1.52. The van der Waals surface area contributed by atoms with Crippen LogP contribution in [0.1, 0.15) is 11.1 Å². The maximum absolute atomic E-state index is 14.1. The van der Waals surface area contributed by atoms with Gasteiger partial charge in [0.1, 0.15) is 6.04 Å². The summed E-state index contributed by atoms with van der Waals surface area (Å²) in [6, 6.07) is 11.1. The Hall–Kier alpha value is -2.01. The number of sulfone groups is 1. The number of alkyl halides is 3. The average Bonchev–Trinajstić information content (AvgIpc) is 3.12. The number of hydrogen-bond acceptors (Lipinski definition) is 6. The lowest BCUT2D eigenvalue weighted by Gasteiger charge is -2.26. The quantitative estimate of drug-likeness (QED) is 0.599. The van der Waals surface area contributed by atoms with Crippen LogP contribution in [0.4, 0.5) is 13.2 Å². The monoisotopic (exact) mass is 485 g/mol. The van der Waals surface area contributed by atoms with Crippen molar-refractivity contribution in [3.8, 4) is 0 Å². The number of rotatable bonds is 7. The first kappa shape index (κ1) is 24.6. The predicted octanol–water partition coefficient (Wildman–Crippen LogP) is 3.99. The van der Waals surface area contributed by atoms with Crippen molar-refractivity contribution in [2.75, 3.05) is 39.7 Å². The molecule has 5 nitrogen and oxygen atoms in total. The summed E-state index contributed by atoms with van der Waals surface area (Å²) in [5.74, 6) is 0. The van der Waals surface area contributed by atoms with Gasteiger partial charge in [-0.1, -0.05) is 24.3 Å². The van der Waals surface area contributed by atoms with E-state index in [1.807, 2.05) is 25.3 Å². The molecule has 1 unspecified atom stereocenters. The van der Waals surface area contributed by atoms with E-state index in [0.29, 0.717) is 29.9 Å². The van der Waals surface area contributed by atoms with Gasteiger partial charge in [0.2, 0.25) is 0 Å². The van der Waals surface area contributed by atoms with Crippen molar-refractivity contribution < 1.29 is 21.6 Å². The van der Waals surface area contributed by atoms with Crippen molar-refractivity contribution in [3.05, 3.63) is 59.7 Å². The molecule has 3 rings (SSSR count). The molecule has 0 aliphatic carbocycles. The second-order valence-electron chi connectivity index (χ2n) is 7.85. The zero-order valence-corrected chi connectivity index (χ0v) is 19.9. The van der Waals surface area contributed by atoms with Gasteiger partial charge >= 0.3 is 6.18 Å². The highest BCUT2D eigenvalue weighted by Gasteiger charge is 2.49. The van der Waals surface area contributed by atoms with E-state index in [0.717, 1.165) is 11.2 Å². The molecule has 2 aromatic carbocycles. The second-order valence-corrected chi connectivity index (χ2v) is 10.7. The molecule has 0 amide bonds. The molecule has 0 fully saturated rings. The number of halogens is 3. The van der Waals surface area contributed by atoms with Gasteiger partial charge in [0, 0.05) is 29.8 Å². The zero-order valence-electron chi connectivity index (χ0n) is 18.3. The first-order chi connectivity index (χ1) is 14.9. The smallest absolute Gasteiger partial charge is 0.308 e. The minimum absolute atomic E-state index is 0.117. The molecular weight excluding hydrogens is 459 g/mol. The molecule has 1 aliphatic heterocycles. The van der Waals surface area contributed by atoms with Crippen molar-refractivity contribution >= 4 is 32.9 Å². The molecular formula is C22H26F3N3O2S2. The van der Waals surface area contributed by atoms with Gasteiger partial charge in [0.05, 0.1) is 10.6 Å². The van der Waals surface area contributed by atoms with Crippen molar-refractivity contribution in [2.24, 2.45) is 0 Å². The van der Waals surface area contributed by atoms with Crippen LogP contribution in [0.3, 0.4) is 0 Å². The molecule has 0 aromatic heterocycles. The Bertz CT molecular complexity index is 1080. The van der Waals surface area contributed by atoms with Gasteiger partial charge in [-0.2, -0.15) is 13.2 Å². The number of nitrogens with zero attached hydrogens (tertiary/aromatic N) is 2. The lowest BCUT2D eigenvalue weighted by Crippen LogP contribution is -2.47. The van der Waals surface area contributed by atoms with E-state index in [9.17, 15) is 21.6 Å². The standard InChI is InChI=1S/C22H26F3N3O2S2/c1-27(2)13-14-28-20(16-7-11-18(12-8-16)32(4,29)30)19(21(26-28)22(23,24)25)15-5-9-17(31-3)10-6-15/h5-12,21,26H,13-14H2,1-4H3. The SMILES string of the molecule is CSc1ccc(C2=C(c3ccc(S(C)(=O)=O)cc3)N(CCN(C)C)NC2C(F)(F)F)cc1. The molecule has 0 bridgehead atoms. The summed E-state index contributed by atoms with van der Waals surface area (Å²) >= 11 is 1.51. The molecule has 0 radical (unpaired) electrons. The predicted molar refractivity (Wildman–Crippen MR) is 123 cm³/mol. The number of hydrazine groups is 1. The number of nitrogens with one attached hydrogen (secondary N) is 1. The van der Waals surface area contributed by atoms with E-state index in [1.54, 1.807) is 36.4 Å². The fourth-order valence-corrected chi connectivity index (χ4v) is 4.56. The Morgan fingerprint density at radius 1 is 1.03 bits per heavy atom. The van der Waals surface area contributed by atoms with Crippen molar-refractivity contribution in [1.82, 2.24) is 15.3 Å². The summed E-state index contributed by atoms with van der Waals surface area (Å²) < 4.78 is 66.0. The van der Waals surface area contributed by atoms with Gasteiger partial charge in [0.15, 0.2) is 9.84 Å². The van der Waals surface area contributed by atoms with Gasteiger partial charge in [-0.25, -0.2) is 13.8 Å². The van der Waals surface area contributed by atoms with Crippen LogP contribution >= 0.6 is 11.8 Å². The Balaban J connectivity index is 2.20. The topological polar surface area (TPSA) is 52.7 Å². The van der Waals surface area contributed by atoms with E-state index in [4.69, 9.17) is 0 Å². The molecule has 174 valence electrons. The molecule has 1 atom stereocenters. The molecule has 0 saturated heterocycles. The van der Waals surface area contributed by atoms with Gasteiger partial charge < -0.3 is 9.91 Å². The lowest BCUT2D eigenvalue weighted by atomic mass is 9.94. The van der Waals surface area contributed by atoms with Crippen LogP contribution in [0.2, 0.25) is 0 Å². The molecule has 1 heterocycles. The van der Waals surface area contributed by atoms with Gasteiger partial charge in [0.25, 0.3) is 0 Å². The molecule has 32 heavy (non-hydrogen) atoms. The van der Waals surface area contributed by atoms with Crippen molar-refractivity contribution in [2.45, 2.75) is 22.0 Å². The van der Waals surface area contributed by atoms with E-state index >= 15 is 0 Å². The van der Waals surface area contributed by atoms with E-state index in [-0.39, 0.29) is 10.5 Å². The normalized spacial score (nSPS) is 17.5. The number of hydrogen-bond donors (Lipinski definition) is 1. The molecule has 0 saturated carbocycles. The van der Waals surface area contributed by atoms with Gasteiger partial charge in [-0.3, -0.25) is 0 Å². The fraction of sp³-hybridized carbons (Fsp3) is 0.364. The Morgan fingerprint density at radius 2 is 1.59 bits per heavy atom. The average molecular weight is 486 g/mol. The van der Waals surface area contributed by atoms with Crippen LogP contribution < -0.4 is 5.43 Å². The Labute approximate surface area is 191 Å². The third-order valence-corrected chi connectivity index (χ3v) is 7.03. The van der Waals surface area contributed by atoms with Crippen LogP contribution in [-0.4, -0.2) is 70.2 Å². The second kappa shape index (κ2) is 9.46. The summed E-state index contributed by atoms with van der Waals surface area (Å²) in [5.41, 5.74) is 4.14. The van der Waals surface area contributed by atoms with Crippen molar-refractivity contribution in [3.63, 3.8) is 0 Å².